The lowest BCUT2D eigenvalue weighted by molar-refractivity contribution is 0.664. The van der Waals surface area contributed by atoms with Gasteiger partial charge in [-0.25, -0.2) is 0 Å². The number of guanidine groups is 1. The zero-order valence-electron chi connectivity index (χ0n) is 14.2. The van der Waals surface area contributed by atoms with Crippen LogP contribution in [0.25, 0.3) is 10.8 Å². The van der Waals surface area contributed by atoms with E-state index in [4.69, 9.17) is 0 Å². The van der Waals surface area contributed by atoms with Crippen molar-refractivity contribution in [2.24, 2.45) is 4.99 Å². The molecule has 2 aromatic carbocycles. The lowest BCUT2D eigenvalue weighted by Gasteiger charge is -2.23. The molecular formula is C18H26IN3S. The second-order valence-corrected chi connectivity index (χ2v) is 7.39. The molecule has 0 saturated carbocycles. The summed E-state index contributed by atoms with van der Waals surface area (Å²) in [5, 5.41) is 9.36. The Bertz CT molecular complexity index is 650. The van der Waals surface area contributed by atoms with Crippen LogP contribution in [0.3, 0.4) is 0 Å². The van der Waals surface area contributed by atoms with Crippen molar-refractivity contribution < 1.29 is 0 Å². The van der Waals surface area contributed by atoms with Crippen molar-refractivity contribution in [3.63, 3.8) is 0 Å². The summed E-state index contributed by atoms with van der Waals surface area (Å²) in [5.74, 6) is 0.843. The average molecular weight is 443 g/mol. The third-order valence-electron chi connectivity index (χ3n) is 3.78. The molecule has 0 aliphatic carbocycles. The van der Waals surface area contributed by atoms with E-state index in [9.17, 15) is 0 Å². The summed E-state index contributed by atoms with van der Waals surface area (Å²) in [7, 11) is 1.81. The predicted octanol–water partition coefficient (Wildman–Crippen LogP) is 4.26. The Labute approximate surface area is 160 Å². The second-order valence-electron chi connectivity index (χ2n) is 5.88. The van der Waals surface area contributed by atoms with Gasteiger partial charge >= 0.3 is 0 Å². The van der Waals surface area contributed by atoms with Gasteiger partial charge in [0.25, 0.3) is 0 Å². The first-order chi connectivity index (χ1) is 10.6. The minimum absolute atomic E-state index is 0. The lowest BCUT2D eigenvalue weighted by atomic mass is 10.0. The molecule has 0 aromatic heterocycles. The number of fused-ring (bicyclic) bond motifs is 1. The highest BCUT2D eigenvalue weighted by atomic mass is 127. The van der Waals surface area contributed by atoms with E-state index in [0.717, 1.165) is 19.0 Å². The van der Waals surface area contributed by atoms with Crippen LogP contribution in [0.5, 0.6) is 0 Å². The number of hydrogen-bond acceptors (Lipinski definition) is 2. The van der Waals surface area contributed by atoms with Gasteiger partial charge in [-0.15, -0.1) is 24.0 Å². The highest BCUT2D eigenvalue weighted by Gasteiger charge is 2.16. The van der Waals surface area contributed by atoms with E-state index in [1.165, 1.54) is 16.3 Å². The maximum absolute atomic E-state index is 4.31. The Morgan fingerprint density at radius 2 is 1.78 bits per heavy atom. The van der Waals surface area contributed by atoms with Crippen molar-refractivity contribution in [3.05, 3.63) is 48.0 Å². The van der Waals surface area contributed by atoms with Gasteiger partial charge < -0.3 is 10.6 Å². The van der Waals surface area contributed by atoms with Gasteiger partial charge in [0, 0.05) is 24.9 Å². The van der Waals surface area contributed by atoms with E-state index >= 15 is 0 Å². The number of nitrogens with one attached hydrogen (secondary N) is 2. The maximum atomic E-state index is 4.31. The third kappa shape index (κ3) is 5.88. The number of aliphatic imine (C=N–C) groups is 1. The van der Waals surface area contributed by atoms with Crippen LogP contribution >= 0.6 is 35.7 Å². The molecule has 0 amide bonds. The number of halogens is 1. The SMILES string of the molecule is CN=C(NCc1cccc2ccccc12)NCC(C)(C)SC.I. The first kappa shape index (κ1) is 20.1. The molecule has 0 unspecified atom stereocenters. The summed E-state index contributed by atoms with van der Waals surface area (Å²) in [6.07, 6.45) is 2.13. The van der Waals surface area contributed by atoms with E-state index in [1.807, 2.05) is 18.8 Å². The van der Waals surface area contributed by atoms with E-state index in [-0.39, 0.29) is 28.7 Å². The number of nitrogens with zero attached hydrogens (tertiary/aromatic N) is 1. The van der Waals surface area contributed by atoms with E-state index in [1.54, 1.807) is 0 Å². The summed E-state index contributed by atoms with van der Waals surface area (Å²) >= 11 is 1.85. The summed E-state index contributed by atoms with van der Waals surface area (Å²) < 4.78 is 0.192. The zero-order chi connectivity index (χ0) is 16.0. The highest BCUT2D eigenvalue weighted by Crippen LogP contribution is 2.20. The predicted molar refractivity (Wildman–Crippen MR) is 115 cm³/mol. The normalized spacial score (nSPS) is 11.9. The molecule has 0 bridgehead atoms. The minimum Gasteiger partial charge on any atom is -0.355 e. The lowest BCUT2D eigenvalue weighted by Crippen LogP contribution is -2.43. The summed E-state index contributed by atoms with van der Waals surface area (Å²) in [4.78, 5) is 4.31. The van der Waals surface area contributed by atoms with Crippen LogP contribution in [0.2, 0.25) is 0 Å². The van der Waals surface area contributed by atoms with E-state index in [2.05, 4.69) is 78.2 Å². The van der Waals surface area contributed by atoms with Gasteiger partial charge in [-0.3, -0.25) is 4.99 Å². The third-order valence-corrected chi connectivity index (χ3v) is 5.03. The molecule has 2 rings (SSSR count). The fourth-order valence-electron chi connectivity index (χ4n) is 2.21. The molecule has 0 spiro atoms. The van der Waals surface area contributed by atoms with Gasteiger partial charge in [0.1, 0.15) is 0 Å². The van der Waals surface area contributed by atoms with Crippen LogP contribution in [0.15, 0.2) is 47.5 Å². The van der Waals surface area contributed by atoms with Crippen LogP contribution in [0.4, 0.5) is 0 Å². The van der Waals surface area contributed by atoms with Gasteiger partial charge in [0.2, 0.25) is 0 Å². The minimum atomic E-state index is 0. The van der Waals surface area contributed by atoms with Crippen molar-refractivity contribution in [3.8, 4) is 0 Å². The van der Waals surface area contributed by atoms with E-state index in [0.29, 0.717) is 0 Å². The Kier molecular flexibility index (Phi) is 8.19. The number of benzene rings is 2. The summed E-state index contributed by atoms with van der Waals surface area (Å²) in [5.41, 5.74) is 1.28. The van der Waals surface area contributed by atoms with Crippen molar-refractivity contribution in [2.45, 2.75) is 25.1 Å². The van der Waals surface area contributed by atoms with Gasteiger partial charge in [0.15, 0.2) is 5.96 Å². The first-order valence-corrected chi connectivity index (χ1v) is 8.74. The van der Waals surface area contributed by atoms with Crippen LogP contribution in [0.1, 0.15) is 19.4 Å². The molecular weight excluding hydrogens is 417 g/mol. The average Bonchev–Trinajstić information content (AvgIpc) is 2.55. The molecule has 2 N–H and O–H groups in total. The zero-order valence-corrected chi connectivity index (χ0v) is 17.4. The smallest absolute Gasteiger partial charge is 0.191 e. The molecule has 2 aromatic rings. The number of hydrogen-bond donors (Lipinski definition) is 2. The van der Waals surface area contributed by atoms with Crippen molar-refractivity contribution in [1.29, 1.82) is 0 Å². The van der Waals surface area contributed by atoms with Gasteiger partial charge in [-0.2, -0.15) is 11.8 Å². The van der Waals surface area contributed by atoms with Crippen LogP contribution in [-0.4, -0.2) is 30.6 Å². The summed E-state index contributed by atoms with van der Waals surface area (Å²) in [6, 6.07) is 14.9. The molecule has 0 fully saturated rings. The van der Waals surface area contributed by atoms with Crippen molar-refractivity contribution >= 4 is 52.5 Å². The molecule has 23 heavy (non-hydrogen) atoms. The molecule has 0 atom stereocenters. The number of rotatable bonds is 5. The van der Waals surface area contributed by atoms with Crippen molar-refractivity contribution in [2.75, 3.05) is 19.8 Å². The molecule has 5 heteroatoms. The van der Waals surface area contributed by atoms with Crippen LogP contribution < -0.4 is 10.6 Å². The highest BCUT2D eigenvalue weighted by molar-refractivity contribution is 14.0. The molecule has 0 aliphatic heterocycles. The standard InChI is InChI=1S/C18H25N3S.HI/c1-18(2,22-4)13-21-17(19-3)20-12-15-10-7-9-14-8-5-6-11-16(14)15;/h5-11H,12-13H2,1-4H3,(H2,19,20,21);1H. The molecule has 126 valence electrons. The Hall–Kier alpha value is -0.950. The molecule has 0 saturated heterocycles. The fraction of sp³-hybridized carbons (Fsp3) is 0.389. The largest absolute Gasteiger partial charge is 0.355 e. The molecule has 0 radical (unpaired) electrons. The van der Waals surface area contributed by atoms with E-state index < -0.39 is 0 Å². The van der Waals surface area contributed by atoms with Crippen LogP contribution in [0, 0.1) is 0 Å². The monoisotopic (exact) mass is 443 g/mol. The molecule has 0 aliphatic rings. The quantitative estimate of drug-likeness (QED) is 0.412. The Balaban J connectivity index is 0.00000264. The van der Waals surface area contributed by atoms with Crippen LogP contribution in [-0.2, 0) is 6.54 Å². The van der Waals surface area contributed by atoms with Gasteiger partial charge in [-0.1, -0.05) is 42.5 Å². The maximum Gasteiger partial charge on any atom is 0.191 e. The van der Waals surface area contributed by atoms with Gasteiger partial charge in [-0.05, 0) is 36.4 Å². The fourth-order valence-corrected chi connectivity index (χ4v) is 2.43. The first-order valence-electron chi connectivity index (χ1n) is 7.52. The molecule has 3 nitrogen and oxygen atoms in total. The topological polar surface area (TPSA) is 36.4 Å². The van der Waals surface area contributed by atoms with Gasteiger partial charge in [0.05, 0.1) is 0 Å². The Morgan fingerprint density at radius 3 is 2.48 bits per heavy atom. The van der Waals surface area contributed by atoms with Crippen molar-refractivity contribution in [1.82, 2.24) is 10.6 Å². The summed E-state index contributed by atoms with van der Waals surface area (Å²) in [6.45, 7) is 6.09. The Morgan fingerprint density at radius 1 is 1.09 bits per heavy atom. The second kappa shape index (κ2) is 9.37. The number of thioether (sulfide) groups is 1. The molecule has 0 heterocycles.